The fourth-order valence-electron chi connectivity index (χ4n) is 2.63. The van der Waals surface area contributed by atoms with Crippen molar-refractivity contribution in [3.05, 3.63) is 35.4 Å². The molecule has 1 aliphatic rings. The fourth-order valence-corrected chi connectivity index (χ4v) is 2.63. The minimum atomic E-state index is 0.389. The summed E-state index contributed by atoms with van der Waals surface area (Å²) in [5, 5.41) is 3.40. The SMILES string of the molecule is CNC(Cc1ccc(C(C)C)cc1)C1CCCO1. The third-order valence-electron chi connectivity index (χ3n) is 3.89. The molecule has 0 aliphatic carbocycles. The molecule has 0 saturated carbocycles. The number of hydrogen-bond donors (Lipinski definition) is 1. The predicted octanol–water partition coefficient (Wildman–Crippen LogP) is 3.12. The van der Waals surface area contributed by atoms with Crippen molar-refractivity contribution >= 4 is 0 Å². The molecule has 1 N–H and O–H groups in total. The van der Waals surface area contributed by atoms with Crippen LogP contribution in [0.3, 0.4) is 0 Å². The third-order valence-corrected chi connectivity index (χ3v) is 3.89. The van der Waals surface area contributed by atoms with Crippen molar-refractivity contribution < 1.29 is 4.74 Å². The lowest BCUT2D eigenvalue weighted by Crippen LogP contribution is -2.39. The predicted molar refractivity (Wildman–Crippen MR) is 76.1 cm³/mol. The number of nitrogens with one attached hydrogen (secondary N) is 1. The van der Waals surface area contributed by atoms with Crippen LogP contribution in [0, 0.1) is 0 Å². The first-order valence-corrected chi connectivity index (χ1v) is 7.08. The van der Waals surface area contributed by atoms with E-state index in [0.717, 1.165) is 13.0 Å². The molecular formula is C16H25NO. The Hall–Kier alpha value is -0.860. The minimum Gasteiger partial charge on any atom is -0.377 e. The van der Waals surface area contributed by atoms with Crippen LogP contribution in [-0.4, -0.2) is 25.8 Å². The van der Waals surface area contributed by atoms with E-state index in [-0.39, 0.29) is 0 Å². The van der Waals surface area contributed by atoms with Gasteiger partial charge in [-0.05, 0) is 43.4 Å². The smallest absolute Gasteiger partial charge is 0.0732 e. The molecule has 1 fully saturated rings. The van der Waals surface area contributed by atoms with Crippen molar-refractivity contribution in [3.63, 3.8) is 0 Å². The molecule has 1 aromatic rings. The zero-order chi connectivity index (χ0) is 13.0. The summed E-state index contributed by atoms with van der Waals surface area (Å²) < 4.78 is 5.78. The third kappa shape index (κ3) is 3.33. The largest absolute Gasteiger partial charge is 0.377 e. The van der Waals surface area contributed by atoms with Crippen LogP contribution < -0.4 is 5.32 Å². The molecule has 2 heteroatoms. The normalized spacial score (nSPS) is 21.4. The highest BCUT2D eigenvalue weighted by Crippen LogP contribution is 2.20. The van der Waals surface area contributed by atoms with Crippen LogP contribution in [0.1, 0.15) is 43.7 Å². The lowest BCUT2D eigenvalue weighted by atomic mass is 9.96. The molecule has 0 bridgehead atoms. The second-order valence-electron chi connectivity index (χ2n) is 5.55. The zero-order valence-electron chi connectivity index (χ0n) is 11.8. The van der Waals surface area contributed by atoms with Crippen molar-refractivity contribution in [2.24, 2.45) is 0 Å². The van der Waals surface area contributed by atoms with Crippen molar-refractivity contribution in [3.8, 4) is 0 Å². The summed E-state index contributed by atoms with van der Waals surface area (Å²) in [5.74, 6) is 0.609. The maximum Gasteiger partial charge on any atom is 0.0732 e. The monoisotopic (exact) mass is 247 g/mol. The summed E-state index contributed by atoms with van der Waals surface area (Å²) >= 11 is 0. The Morgan fingerprint density at radius 2 is 2.00 bits per heavy atom. The van der Waals surface area contributed by atoms with Gasteiger partial charge < -0.3 is 10.1 Å². The van der Waals surface area contributed by atoms with E-state index in [2.05, 4.69) is 43.4 Å². The molecule has 2 unspecified atom stereocenters. The van der Waals surface area contributed by atoms with Crippen LogP contribution in [0.25, 0.3) is 0 Å². The maximum absolute atomic E-state index is 5.78. The molecule has 0 radical (unpaired) electrons. The summed E-state index contributed by atoms with van der Waals surface area (Å²) in [4.78, 5) is 0. The van der Waals surface area contributed by atoms with Gasteiger partial charge in [-0.2, -0.15) is 0 Å². The molecule has 0 amide bonds. The van der Waals surface area contributed by atoms with E-state index in [4.69, 9.17) is 4.74 Å². The average molecular weight is 247 g/mol. The van der Waals surface area contributed by atoms with Gasteiger partial charge >= 0.3 is 0 Å². The highest BCUT2D eigenvalue weighted by molar-refractivity contribution is 5.25. The Bertz CT molecular complexity index is 352. The van der Waals surface area contributed by atoms with Crippen molar-refractivity contribution in [1.29, 1.82) is 0 Å². The number of hydrogen-bond acceptors (Lipinski definition) is 2. The van der Waals surface area contributed by atoms with Gasteiger partial charge in [0.2, 0.25) is 0 Å². The van der Waals surface area contributed by atoms with E-state index in [1.165, 1.54) is 24.0 Å². The summed E-state index contributed by atoms with van der Waals surface area (Å²) in [5.41, 5.74) is 2.81. The standard InChI is InChI=1S/C16H25NO/c1-12(2)14-8-6-13(7-9-14)11-15(17-3)16-5-4-10-18-16/h6-9,12,15-17H,4-5,10-11H2,1-3H3. The van der Waals surface area contributed by atoms with Crippen molar-refractivity contribution in [2.45, 2.75) is 51.2 Å². The lowest BCUT2D eigenvalue weighted by Gasteiger charge is -2.22. The van der Waals surface area contributed by atoms with Crippen LogP contribution in [0.5, 0.6) is 0 Å². The minimum absolute atomic E-state index is 0.389. The van der Waals surface area contributed by atoms with E-state index in [9.17, 15) is 0 Å². The maximum atomic E-state index is 5.78. The first-order valence-electron chi connectivity index (χ1n) is 7.08. The second-order valence-corrected chi connectivity index (χ2v) is 5.55. The van der Waals surface area contributed by atoms with Gasteiger partial charge in [0.05, 0.1) is 6.10 Å². The van der Waals surface area contributed by atoms with Gasteiger partial charge in [0, 0.05) is 12.6 Å². The Labute approximate surface area is 111 Å². The van der Waals surface area contributed by atoms with Gasteiger partial charge in [0.25, 0.3) is 0 Å². The number of ether oxygens (including phenoxy) is 1. The van der Waals surface area contributed by atoms with Gasteiger partial charge in [0.1, 0.15) is 0 Å². The molecule has 2 atom stereocenters. The molecule has 18 heavy (non-hydrogen) atoms. The second kappa shape index (κ2) is 6.35. The molecule has 0 aromatic heterocycles. The van der Waals surface area contributed by atoms with Gasteiger partial charge in [-0.15, -0.1) is 0 Å². The molecule has 1 aliphatic heterocycles. The van der Waals surface area contributed by atoms with E-state index in [1.54, 1.807) is 0 Å². The van der Waals surface area contributed by atoms with Crippen LogP contribution in [0.15, 0.2) is 24.3 Å². The van der Waals surface area contributed by atoms with Crippen LogP contribution in [0.2, 0.25) is 0 Å². The number of benzene rings is 1. The first-order chi connectivity index (χ1) is 8.70. The summed E-state index contributed by atoms with van der Waals surface area (Å²) in [6.45, 7) is 5.39. The Morgan fingerprint density at radius 3 is 2.50 bits per heavy atom. The van der Waals surface area contributed by atoms with Crippen LogP contribution in [0.4, 0.5) is 0 Å². The molecule has 100 valence electrons. The zero-order valence-corrected chi connectivity index (χ0v) is 11.8. The molecule has 1 heterocycles. The van der Waals surface area contributed by atoms with E-state index >= 15 is 0 Å². The Kier molecular flexibility index (Phi) is 4.79. The van der Waals surface area contributed by atoms with E-state index in [0.29, 0.717) is 18.1 Å². The first kappa shape index (κ1) is 13.6. The summed E-state index contributed by atoms with van der Waals surface area (Å²) in [6, 6.07) is 9.46. The number of rotatable bonds is 5. The summed E-state index contributed by atoms with van der Waals surface area (Å²) in [6.07, 6.45) is 3.84. The van der Waals surface area contributed by atoms with Gasteiger partial charge in [0.15, 0.2) is 0 Å². The van der Waals surface area contributed by atoms with Crippen molar-refractivity contribution in [1.82, 2.24) is 5.32 Å². The molecule has 2 nitrogen and oxygen atoms in total. The van der Waals surface area contributed by atoms with E-state index < -0.39 is 0 Å². The topological polar surface area (TPSA) is 21.3 Å². The Morgan fingerprint density at radius 1 is 1.28 bits per heavy atom. The Balaban J connectivity index is 1.98. The van der Waals surface area contributed by atoms with Gasteiger partial charge in [-0.3, -0.25) is 0 Å². The number of likely N-dealkylation sites (N-methyl/N-ethyl adjacent to an activating group) is 1. The van der Waals surface area contributed by atoms with Gasteiger partial charge in [-0.1, -0.05) is 38.1 Å². The quantitative estimate of drug-likeness (QED) is 0.863. The van der Waals surface area contributed by atoms with Crippen molar-refractivity contribution in [2.75, 3.05) is 13.7 Å². The summed E-state index contributed by atoms with van der Waals surface area (Å²) in [7, 11) is 2.04. The molecule has 1 aromatic carbocycles. The van der Waals surface area contributed by atoms with Gasteiger partial charge in [-0.25, -0.2) is 0 Å². The fraction of sp³-hybridized carbons (Fsp3) is 0.625. The lowest BCUT2D eigenvalue weighted by molar-refractivity contribution is 0.0808. The average Bonchev–Trinajstić information content (AvgIpc) is 2.90. The molecule has 0 spiro atoms. The van der Waals surface area contributed by atoms with E-state index in [1.807, 2.05) is 7.05 Å². The highest BCUT2D eigenvalue weighted by atomic mass is 16.5. The molecule has 1 saturated heterocycles. The molecule has 2 rings (SSSR count). The van der Waals surface area contributed by atoms with Crippen LogP contribution in [-0.2, 0) is 11.2 Å². The molecular weight excluding hydrogens is 222 g/mol. The van der Waals surface area contributed by atoms with Crippen LogP contribution >= 0.6 is 0 Å². The highest BCUT2D eigenvalue weighted by Gasteiger charge is 2.24.